The minimum atomic E-state index is -1.57. The number of carbonyl (C=O) groups excluding carboxylic acids is 1. The van der Waals surface area contributed by atoms with E-state index < -0.39 is 16.9 Å². The third kappa shape index (κ3) is 6.79. The molecule has 1 amide bonds. The predicted molar refractivity (Wildman–Crippen MR) is 164 cm³/mol. The van der Waals surface area contributed by atoms with Gasteiger partial charge in [0.05, 0.1) is 27.7 Å². The highest BCUT2D eigenvalue weighted by Crippen LogP contribution is 2.44. The topological polar surface area (TPSA) is 77.5 Å². The highest BCUT2D eigenvalue weighted by atomic mass is 32.2. The van der Waals surface area contributed by atoms with Crippen molar-refractivity contribution in [2.75, 3.05) is 46.4 Å². The van der Waals surface area contributed by atoms with Crippen molar-refractivity contribution >= 4 is 27.6 Å². The maximum atomic E-state index is 13.9. The molecule has 8 nitrogen and oxygen atoms in total. The number of hydrogen-bond acceptors (Lipinski definition) is 7. The summed E-state index contributed by atoms with van der Waals surface area (Å²) in [5.74, 6) is 2.90. The van der Waals surface area contributed by atoms with E-state index in [1.54, 1.807) is 30.2 Å². The summed E-state index contributed by atoms with van der Waals surface area (Å²) in [5, 5.41) is 0. The van der Waals surface area contributed by atoms with Gasteiger partial charge >= 0.3 is 6.09 Å². The number of hydrogen-bond donors (Lipinski definition) is 0. The first-order valence-corrected chi connectivity index (χ1v) is 15.7. The van der Waals surface area contributed by atoms with Crippen molar-refractivity contribution in [2.24, 2.45) is 0 Å². The molecule has 2 aliphatic rings. The largest absolute Gasteiger partial charge is 0.497 e. The van der Waals surface area contributed by atoms with Crippen LogP contribution in [-0.2, 0) is 10.8 Å². The Kier molecular flexibility index (Phi) is 9.81. The van der Waals surface area contributed by atoms with Crippen LogP contribution in [0.25, 0.3) is 10.7 Å². The zero-order valence-corrected chi connectivity index (χ0v) is 25.3. The molecular weight excluding hydrogens is 552 g/mol. The van der Waals surface area contributed by atoms with Gasteiger partial charge in [0.15, 0.2) is 5.76 Å². The molecule has 0 aliphatic carbocycles. The Hall–Kier alpha value is -3.82. The first-order valence-electron chi connectivity index (χ1n) is 14.6. The van der Waals surface area contributed by atoms with E-state index in [9.17, 15) is 9.00 Å². The molecule has 42 heavy (non-hydrogen) atoms. The summed E-state index contributed by atoms with van der Waals surface area (Å²) in [7, 11) is 0.0356. The van der Waals surface area contributed by atoms with Crippen LogP contribution >= 0.6 is 0 Å². The number of benzene rings is 3. The van der Waals surface area contributed by atoms with Gasteiger partial charge in [0.1, 0.15) is 29.6 Å². The SMILES string of the molecule is CCN(CC)C(=O)Oc1ccc2c(c1)S(=O)C(c1ccc(OC)cc1)=C2Oc1ccc(OCCN2CCCCC2)cc1. The Morgan fingerprint density at radius 1 is 0.857 bits per heavy atom. The number of methoxy groups -OCH3 is 1. The standard InChI is InChI=1S/C33H38N2O6S/c1-4-35(5-2)33(36)41-28-17-18-29-30(23-28)42(37)32(24-9-11-25(38-3)12-10-24)31(29)40-27-15-13-26(14-16-27)39-22-21-34-19-7-6-8-20-34/h9-18,23H,4-8,19-22H2,1-3H3. The summed E-state index contributed by atoms with van der Waals surface area (Å²) in [5.41, 5.74) is 1.43. The van der Waals surface area contributed by atoms with Gasteiger partial charge < -0.3 is 23.8 Å². The predicted octanol–water partition coefficient (Wildman–Crippen LogP) is 6.43. The van der Waals surface area contributed by atoms with Crippen LogP contribution in [0.1, 0.15) is 44.2 Å². The lowest BCUT2D eigenvalue weighted by Gasteiger charge is -2.26. The molecule has 0 spiro atoms. The molecule has 2 aliphatic heterocycles. The fourth-order valence-corrected chi connectivity index (χ4v) is 6.62. The van der Waals surface area contributed by atoms with Crippen LogP contribution in [0.4, 0.5) is 4.79 Å². The Morgan fingerprint density at radius 2 is 1.50 bits per heavy atom. The summed E-state index contributed by atoms with van der Waals surface area (Å²) >= 11 is 0. The fraction of sp³-hybridized carbons (Fsp3) is 0.364. The Morgan fingerprint density at radius 3 is 2.17 bits per heavy atom. The smallest absolute Gasteiger partial charge is 0.415 e. The molecule has 1 unspecified atom stereocenters. The molecule has 0 N–H and O–H groups in total. The van der Waals surface area contributed by atoms with Crippen LogP contribution in [0.5, 0.6) is 23.0 Å². The average molecular weight is 591 g/mol. The van der Waals surface area contributed by atoms with Gasteiger partial charge in [-0.25, -0.2) is 9.00 Å². The molecule has 3 aromatic carbocycles. The van der Waals surface area contributed by atoms with Crippen molar-refractivity contribution in [1.29, 1.82) is 0 Å². The van der Waals surface area contributed by atoms with Crippen LogP contribution in [-0.4, -0.2) is 66.5 Å². The average Bonchev–Trinajstić information content (AvgIpc) is 3.29. The van der Waals surface area contributed by atoms with Crippen molar-refractivity contribution in [3.63, 3.8) is 0 Å². The molecule has 5 rings (SSSR count). The molecular formula is C33H38N2O6S. The zero-order chi connectivity index (χ0) is 29.5. The van der Waals surface area contributed by atoms with Gasteiger partial charge in [0.25, 0.3) is 0 Å². The van der Waals surface area contributed by atoms with Gasteiger partial charge in [-0.2, -0.15) is 0 Å². The van der Waals surface area contributed by atoms with E-state index in [4.69, 9.17) is 18.9 Å². The molecule has 3 aromatic rings. The van der Waals surface area contributed by atoms with Crippen molar-refractivity contribution in [3.8, 4) is 23.0 Å². The van der Waals surface area contributed by atoms with E-state index in [0.717, 1.165) is 30.9 Å². The molecule has 2 heterocycles. The van der Waals surface area contributed by atoms with Crippen LogP contribution in [0.3, 0.4) is 0 Å². The summed E-state index contributed by atoms with van der Waals surface area (Å²) in [4.78, 5) is 17.7. The van der Waals surface area contributed by atoms with E-state index in [-0.39, 0.29) is 0 Å². The zero-order valence-electron chi connectivity index (χ0n) is 24.5. The lowest BCUT2D eigenvalue weighted by atomic mass is 10.1. The fourth-order valence-electron chi connectivity index (χ4n) is 5.15. The summed E-state index contributed by atoms with van der Waals surface area (Å²) in [6, 6.07) is 20.0. The summed E-state index contributed by atoms with van der Waals surface area (Å²) in [6.07, 6.45) is 3.40. The van der Waals surface area contributed by atoms with Crippen molar-refractivity contribution < 1.29 is 28.0 Å². The molecule has 9 heteroatoms. The molecule has 222 valence electrons. The minimum absolute atomic E-state index is 0.334. The Balaban J connectivity index is 1.37. The van der Waals surface area contributed by atoms with Gasteiger partial charge in [0, 0.05) is 25.2 Å². The molecule has 0 saturated carbocycles. The number of nitrogens with zero attached hydrogens (tertiary/aromatic N) is 2. The first kappa shape index (κ1) is 29.7. The lowest BCUT2D eigenvalue weighted by Crippen LogP contribution is -2.33. The van der Waals surface area contributed by atoms with E-state index in [1.807, 2.05) is 62.4 Å². The molecule has 0 bridgehead atoms. The number of ether oxygens (including phenoxy) is 4. The second-order valence-electron chi connectivity index (χ2n) is 10.2. The van der Waals surface area contributed by atoms with Gasteiger partial charge in [-0.1, -0.05) is 6.42 Å². The van der Waals surface area contributed by atoms with Crippen molar-refractivity contribution in [3.05, 3.63) is 77.9 Å². The van der Waals surface area contributed by atoms with Gasteiger partial charge in [-0.3, -0.25) is 4.90 Å². The molecule has 1 atom stereocenters. The Bertz CT molecular complexity index is 1430. The third-order valence-electron chi connectivity index (χ3n) is 7.54. The first-order chi connectivity index (χ1) is 20.5. The highest BCUT2D eigenvalue weighted by Gasteiger charge is 2.33. The molecule has 0 aromatic heterocycles. The van der Waals surface area contributed by atoms with E-state index >= 15 is 0 Å². The number of rotatable bonds is 11. The monoisotopic (exact) mass is 590 g/mol. The summed E-state index contributed by atoms with van der Waals surface area (Å²) < 4.78 is 37.2. The molecule has 0 radical (unpaired) electrons. The van der Waals surface area contributed by atoms with Crippen LogP contribution in [0, 0.1) is 0 Å². The minimum Gasteiger partial charge on any atom is -0.497 e. The van der Waals surface area contributed by atoms with E-state index in [2.05, 4.69) is 4.90 Å². The third-order valence-corrected chi connectivity index (χ3v) is 9.07. The van der Waals surface area contributed by atoms with E-state index in [0.29, 0.717) is 58.1 Å². The number of likely N-dealkylation sites (tertiary alicyclic amines) is 1. The second kappa shape index (κ2) is 13.9. The van der Waals surface area contributed by atoms with Crippen LogP contribution < -0.4 is 18.9 Å². The van der Waals surface area contributed by atoms with Crippen molar-refractivity contribution in [2.45, 2.75) is 38.0 Å². The van der Waals surface area contributed by atoms with Gasteiger partial charge in [-0.05, 0) is 112 Å². The lowest BCUT2D eigenvalue weighted by molar-refractivity contribution is 0.157. The van der Waals surface area contributed by atoms with Crippen LogP contribution in [0.15, 0.2) is 71.6 Å². The maximum Gasteiger partial charge on any atom is 0.415 e. The second-order valence-corrected chi connectivity index (χ2v) is 11.6. The number of fused-ring (bicyclic) bond motifs is 1. The summed E-state index contributed by atoms with van der Waals surface area (Å²) in [6.45, 7) is 8.71. The molecule has 1 fully saturated rings. The van der Waals surface area contributed by atoms with Gasteiger partial charge in [0.2, 0.25) is 0 Å². The number of amides is 1. The van der Waals surface area contributed by atoms with E-state index in [1.165, 1.54) is 19.3 Å². The Labute approximate surface area is 250 Å². The quantitative estimate of drug-likeness (QED) is 0.255. The highest BCUT2D eigenvalue weighted by molar-refractivity contribution is 7.95. The maximum absolute atomic E-state index is 13.9. The number of piperidine rings is 1. The van der Waals surface area contributed by atoms with Gasteiger partial charge in [-0.15, -0.1) is 0 Å². The number of carbonyl (C=O) groups is 1. The molecule has 1 saturated heterocycles. The normalized spacial score (nSPS) is 16.6. The van der Waals surface area contributed by atoms with Crippen molar-refractivity contribution in [1.82, 2.24) is 9.80 Å². The van der Waals surface area contributed by atoms with Crippen LogP contribution in [0.2, 0.25) is 0 Å².